The molecule has 0 saturated carbocycles. The Morgan fingerprint density at radius 3 is 2.30 bits per heavy atom. The Balaban J connectivity index is 3.22. The maximum absolute atomic E-state index is 12.2. The van der Waals surface area contributed by atoms with E-state index in [1.54, 1.807) is 32.0 Å². The summed E-state index contributed by atoms with van der Waals surface area (Å²) in [5.41, 5.74) is -1.02. The molecule has 1 aromatic carbocycles. The quantitative estimate of drug-likeness (QED) is 0.742. The van der Waals surface area contributed by atoms with Gasteiger partial charge in [0.1, 0.15) is 10.4 Å². The molecule has 20 heavy (non-hydrogen) atoms. The van der Waals surface area contributed by atoms with E-state index in [1.807, 2.05) is 0 Å². The highest BCUT2D eigenvalue weighted by molar-refractivity contribution is 7.89. The zero-order valence-electron chi connectivity index (χ0n) is 12.0. The monoisotopic (exact) mass is 300 g/mol. The van der Waals surface area contributed by atoms with Crippen molar-refractivity contribution >= 4 is 21.7 Å². The molecule has 0 aliphatic rings. The van der Waals surface area contributed by atoms with Crippen LogP contribution in [0.5, 0.6) is 0 Å². The largest absolute Gasteiger partial charge is 0.480 e. The van der Waals surface area contributed by atoms with Crippen molar-refractivity contribution in [1.82, 2.24) is 4.72 Å². The Kier molecular flexibility index (Phi) is 4.77. The molecule has 0 spiro atoms. The van der Waals surface area contributed by atoms with E-state index >= 15 is 0 Å². The van der Waals surface area contributed by atoms with Gasteiger partial charge in [-0.05, 0) is 39.8 Å². The van der Waals surface area contributed by atoms with Gasteiger partial charge in [-0.2, -0.15) is 0 Å². The average molecular weight is 300 g/mol. The van der Waals surface area contributed by atoms with Crippen LogP contribution in [0.1, 0.15) is 27.7 Å². The summed E-state index contributed by atoms with van der Waals surface area (Å²) in [6.07, 6.45) is 0. The number of benzene rings is 1. The number of para-hydroxylation sites is 1. The molecule has 7 heteroatoms. The number of sulfonamides is 1. The average Bonchev–Trinajstić information content (AvgIpc) is 2.26. The van der Waals surface area contributed by atoms with Crippen LogP contribution in [0.3, 0.4) is 0 Å². The first kappa shape index (κ1) is 16.5. The molecule has 6 nitrogen and oxygen atoms in total. The minimum absolute atomic E-state index is 0.0306. The number of anilines is 1. The molecule has 0 aromatic heterocycles. The minimum Gasteiger partial charge on any atom is -0.480 e. The third-order valence-electron chi connectivity index (χ3n) is 2.55. The highest BCUT2D eigenvalue weighted by atomic mass is 32.2. The Labute approximate surface area is 119 Å². The summed E-state index contributed by atoms with van der Waals surface area (Å²) >= 11 is 0. The van der Waals surface area contributed by atoms with Gasteiger partial charge in [-0.25, -0.2) is 17.9 Å². The fraction of sp³-hybridized carbons (Fsp3) is 0.462. The van der Waals surface area contributed by atoms with Gasteiger partial charge in [-0.1, -0.05) is 12.1 Å². The summed E-state index contributed by atoms with van der Waals surface area (Å²) in [6.45, 7) is 6.37. The Bertz CT molecular complexity index is 594. The molecular weight excluding hydrogens is 280 g/mol. The summed E-state index contributed by atoms with van der Waals surface area (Å²) in [4.78, 5) is 11.2. The van der Waals surface area contributed by atoms with Crippen LogP contribution in [0, 0.1) is 0 Å². The molecule has 0 bridgehead atoms. The maximum Gasteiger partial charge on any atom is 0.328 e. The fourth-order valence-electron chi connectivity index (χ4n) is 1.57. The minimum atomic E-state index is -3.69. The van der Waals surface area contributed by atoms with E-state index in [0.29, 0.717) is 0 Å². The van der Waals surface area contributed by atoms with E-state index in [9.17, 15) is 13.2 Å². The summed E-state index contributed by atoms with van der Waals surface area (Å²) in [7, 11) is -3.69. The lowest BCUT2D eigenvalue weighted by atomic mass is 10.1. The van der Waals surface area contributed by atoms with Crippen molar-refractivity contribution in [2.45, 2.75) is 44.2 Å². The molecule has 0 aliphatic carbocycles. The molecule has 0 amide bonds. The number of hydrogen-bond donors (Lipinski definition) is 3. The molecule has 1 rings (SSSR count). The van der Waals surface area contributed by atoms with Crippen LogP contribution in [-0.4, -0.2) is 31.1 Å². The molecule has 0 atom stereocenters. The number of rotatable bonds is 6. The third-order valence-corrected chi connectivity index (χ3v) is 4.27. The molecule has 1 aromatic rings. The van der Waals surface area contributed by atoms with Gasteiger partial charge < -0.3 is 10.4 Å². The second-order valence-corrected chi connectivity index (χ2v) is 7.01. The van der Waals surface area contributed by atoms with Crippen LogP contribution in [0.25, 0.3) is 0 Å². The molecular formula is C13H20N2O4S. The van der Waals surface area contributed by atoms with Crippen molar-refractivity contribution in [2.24, 2.45) is 0 Å². The number of carboxylic acids is 1. The van der Waals surface area contributed by atoms with Crippen LogP contribution < -0.4 is 10.0 Å². The topological polar surface area (TPSA) is 95.5 Å². The first-order chi connectivity index (χ1) is 9.06. The standard InChI is InChI=1S/C13H20N2O4S/c1-9(2)15-20(18,19)11-8-6-5-7-10(11)14-13(3,4)12(16)17/h5-9,14-15H,1-4H3,(H,16,17). The van der Waals surface area contributed by atoms with Crippen LogP contribution in [-0.2, 0) is 14.8 Å². The van der Waals surface area contributed by atoms with Crippen molar-refractivity contribution in [2.75, 3.05) is 5.32 Å². The van der Waals surface area contributed by atoms with Crippen molar-refractivity contribution in [3.63, 3.8) is 0 Å². The van der Waals surface area contributed by atoms with Gasteiger partial charge in [0, 0.05) is 6.04 Å². The number of hydrogen-bond acceptors (Lipinski definition) is 4. The van der Waals surface area contributed by atoms with E-state index in [4.69, 9.17) is 5.11 Å². The van der Waals surface area contributed by atoms with Gasteiger partial charge in [0.25, 0.3) is 0 Å². The maximum atomic E-state index is 12.2. The molecule has 0 heterocycles. The van der Waals surface area contributed by atoms with Crippen molar-refractivity contribution in [3.05, 3.63) is 24.3 Å². The Hall–Kier alpha value is -1.60. The third kappa shape index (κ3) is 3.94. The first-order valence-corrected chi connectivity index (χ1v) is 7.67. The molecule has 0 radical (unpaired) electrons. The van der Waals surface area contributed by atoms with Crippen molar-refractivity contribution in [1.29, 1.82) is 0 Å². The number of carboxylic acid groups (broad SMARTS) is 1. The van der Waals surface area contributed by atoms with E-state index in [2.05, 4.69) is 10.0 Å². The predicted molar refractivity (Wildman–Crippen MR) is 77.2 cm³/mol. The smallest absolute Gasteiger partial charge is 0.328 e. The molecule has 0 fully saturated rings. The SMILES string of the molecule is CC(C)NS(=O)(=O)c1ccccc1NC(C)(C)C(=O)O. The number of nitrogens with one attached hydrogen (secondary N) is 2. The van der Waals surface area contributed by atoms with Gasteiger partial charge in [0.15, 0.2) is 0 Å². The van der Waals surface area contributed by atoms with E-state index in [-0.39, 0.29) is 16.6 Å². The summed E-state index contributed by atoms with van der Waals surface area (Å²) in [5, 5.41) is 11.9. The predicted octanol–water partition coefficient (Wildman–Crippen LogP) is 1.65. The van der Waals surface area contributed by atoms with E-state index in [1.165, 1.54) is 19.9 Å². The molecule has 112 valence electrons. The van der Waals surface area contributed by atoms with Gasteiger partial charge in [0.2, 0.25) is 10.0 Å². The van der Waals surface area contributed by atoms with Gasteiger partial charge in [0.05, 0.1) is 5.69 Å². The molecule has 0 aliphatic heterocycles. The molecule has 0 unspecified atom stereocenters. The number of aliphatic carboxylic acids is 1. The van der Waals surface area contributed by atoms with Crippen molar-refractivity contribution in [3.8, 4) is 0 Å². The second-order valence-electron chi connectivity index (χ2n) is 5.33. The summed E-state index contributed by atoms with van der Waals surface area (Å²) < 4.78 is 26.9. The lowest BCUT2D eigenvalue weighted by molar-refractivity contribution is -0.141. The Morgan fingerprint density at radius 1 is 1.25 bits per heavy atom. The highest BCUT2D eigenvalue weighted by Crippen LogP contribution is 2.24. The summed E-state index contributed by atoms with van der Waals surface area (Å²) in [6, 6.07) is 5.97. The normalized spacial score (nSPS) is 12.4. The lowest BCUT2D eigenvalue weighted by Crippen LogP contribution is -2.41. The van der Waals surface area contributed by atoms with Crippen LogP contribution >= 0.6 is 0 Å². The highest BCUT2D eigenvalue weighted by Gasteiger charge is 2.29. The number of carbonyl (C=O) groups is 1. The molecule has 0 saturated heterocycles. The van der Waals surface area contributed by atoms with Crippen molar-refractivity contribution < 1.29 is 18.3 Å². The Morgan fingerprint density at radius 2 is 1.80 bits per heavy atom. The fourth-order valence-corrected chi connectivity index (χ4v) is 2.98. The van der Waals surface area contributed by atoms with E-state index in [0.717, 1.165) is 0 Å². The zero-order valence-corrected chi connectivity index (χ0v) is 12.8. The van der Waals surface area contributed by atoms with Crippen LogP contribution in [0.4, 0.5) is 5.69 Å². The van der Waals surface area contributed by atoms with Gasteiger partial charge >= 0.3 is 5.97 Å². The molecule has 3 N–H and O–H groups in total. The van der Waals surface area contributed by atoms with Crippen LogP contribution in [0.2, 0.25) is 0 Å². The summed E-state index contributed by atoms with van der Waals surface area (Å²) in [5.74, 6) is -1.07. The first-order valence-electron chi connectivity index (χ1n) is 6.19. The van der Waals surface area contributed by atoms with Gasteiger partial charge in [-0.3, -0.25) is 0 Å². The second kappa shape index (κ2) is 5.80. The van der Waals surface area contributed by atoms with Gasteiger partial charge in [-0.15, -0.1) is 0 Å². The van der Waals surface area contributed by atoms with Crippen LogP contribution in [0.15, 0.2) is 29.2 Å². The zero-order chi connectivity index (χ0) is 15.6. The lowest BCUT2D eigenvalue weighted by Gasteiger charge is -2.24. The van der Waals surface area contributed by atoms with E-state index < -0.39 is 21.5 Å².